The number of rotatable bonds is 13. The van der Waals surface area contributed by atoms with Crippen molar-refractivity contribution in [3.05, 3.63) is 30.3 Å². The molecule has 0 aromatic heterocycles. The molecule has 0 amide bonds. The number of unbranched alkanes of at least 4 members (excludes halogenated alkanes) is 8. The van der Waals surface area contributed by atoms with Gasteiger partial charge in [0.2, 0.25) is 0 Å². The van der Waals surface area contributed by atoms with Crippen LogP contribution in [-0.4, -0.2) is 14.7 Å². The van der Waals surface area contributed by atoms with Crippen LogP contribution >= 0.6 is 0 Å². The first-order chi connectivity index (χ1) is 10.4. The second-order valence-corrected chi connectivity index (χ2v) is 11.4. The Morgan fingerprint density at radius 2 is 1.10 bits per heavy atom. The first kappa shape index (κ1) is 18.8. The van der Waals surface area contributed by atoms with Gasteiger partial charge >= 0.3 is 138 Å². The van der Waals surface area contributed by atoms with Crippen LogP contribution in [0.4, 0.5) is 0 Å². The van der Waals surface area contributed by atoms with Crippen molar-refractivity contribution < 1.29 is 0 Å². The Labute approximate surface area is 138 Å². The van der Waals surface area contributed by atoms with Gasteiger partial charge in [-0.3, -0.25) is 0 Å². The van der Waals surface area contributed by atoms with Gasteiger partial charge in [0.25, 0.3) is 0 Å². The van der Waals surface area contributed by atoms with Crippen molar-refractivity contribution in [3.8, 4) is 0 Å². The molecule has 0 nitrogen and oxygen atoms in total. The summed E-state index contributed by atoms with van der Waals surface area (Å²) in [6.45, 7) is 4.61. The summed E-state index contributed by atoms with van der Waals surface area (Å²) in [5, 5.41) is 3.07. The summed E-state index contributed by atoms with van der Waals surface area (Å²) in [7, 11) is 0. The predicted octanol–water partition coefficient (Wildman–Crippen LogP) is 6.33. The van der Waals surface area contributed by atoms with Gasteiger partial charge in [-0.15, -0.1) is 0 Å². The van der Waals surface area contributed by atoms with Gasteiger partial charge in [-0.1, -0.05) is 0 Å². The summed E-state index contributed by atoms with van der Waals surface area (Å²) in [5.74, 6) is 0. The van der Waals surface area contributed by atoms with E-state index in [0.717, 1.165) is 0 Å². The topological polar surface area (TPSA) is 0 Å². The number of benzene rings is 1. The third-order valence-corrected chi connectivity index (χ3v) is 9.93. The van der Waals surface area contributed by atoms with Gasteiger partial charge in [0.05, 0.1) is 0 Å². The Hall–Kier alpha value is -0.222. The zero-order valence-electron chi connectivity index (χ0n) is 14.3. The van der Waals surface area contributed by atoms with Gasteiger partial charge < -0.3 is 0 Å². The van der Waals surface area contributed by atoms with Crippen molar-refractivity contribution in [1.29, 1.82) is 0 Å². The Bertz CT molecular complexity index is 306. The maximum absolute atomic E-state index is 2.40. The van der Waals surface area contributed by atoms with E-state index in [1.165, 1.54) is 74.6 Å². The molecule has 0 aliphatic rings. The molecule has 0 spiro atoms. The third-order valence-electron chi connectivity index (χ3n) is 4.18. The number of hydrogen-bond donors (Lipinski definition) is 0. The molecule has 0 saturated heterocycles. The molecular formula is C20H35As. The Balaban J connectivity index is 2.32. The minimum atomic E-state index is -0.770. The van der Waals surface area contributed by atoms with E-state index in [1.807, 2.05) is 0 Å². The van der Waals surface area contributed by atoms with Crippen LogP contribution in [0.2, 0.25) is 10.4 Å². The van der Waals surface area contributed by atoms with Crippen molar-refractivity contribution >= 4 is 19.0 Å². The van der Waals surface area contributed by atoms with E-state index < -0.39 is 14.7 Å². The normalized spacial score (nSPS) is 11.2. The van der Waals surface area contributed by atoms with Crippen LogP contribution in [0.25, 0.3) is 0 Å². The standard InChI is InChI=1S/C20H35As/c1-3-5-7-9-14-18-21(19-15-10-8-6-4-2)20-16-12-11-13-17-20/h11-13,16-17H,3-10,14-15,18-19H2,1-2H3. The summed E-state index contributed by atoms with van der Waals surface area (Å²) in [6.07, 6.45) is 14.3. The molecule has 0 atom stereocenters. The Morgan fingerprint density at radius 3 is 1.57 bits per heavy atom. The first-order valence-corrected chi connectivity index (χ1v) is 12.8. The Kier molecular flexibility index (Phi) is 12.1. The van der Waals surface area contributed by atoms with Gasteiger partial charge in [-0.2, -0.15) is 0 Å². The predicted molar refractivity (Wildman–Crippen MR) is 99.0 cm³/mol. The van der Waals surface area contributed by atoms with Crippen LogP contribution < -0.4 is 4.35 Å². The zero-order valence-corrected chi connectivity index (χ0v) is 16.2. The summed E-state index contributed by atoms with van der Waals surface area (Å²) in [6, 6.07) is 11.4. The molecule has 1 rings (SSSR count). The molecular weight excluding hydrogens is 315 g/mol. The van der Waals surface area contributed by atoms with E-state index in [1.54, 1.807) is 4.35 Å². The SMILES string of the molecule is CCCCCCC[As](CCCCCCC)c1ccccc1. The summed E-state index contributed by atoms with van der Waals surface area (Å²) >= 11 is -0.770. The quantitative estimate of drug-likeness (QED) is 0.288. The van der Waals surface area contributed by atoms with E-state index >= 15 is 0 Å². The molecule has 1 heteroatoms. The molecule has 0 aliphatic heterocycles. The van der Waals surface area contributed by atoms with Crippen LogP contribution in [0.1, 0.15) is 78.1 Å². The van der Waals surface area contributed by atoms with E-state index in [-0.39, 0.29) is 0 Å². The molecule has 0 aliphatic carbocycles. The van der Waals surface area contributed by atoms with E-state index in [9.17, 15) is 0 Å². The summed E-state index contributed by atoms with van der Waals surface area (Å²) in [5.41, 5.74) is 0. The van der Waals surface area contributed by atoms with Crippen LogP contribution in [0.5, 0.6) is 0 Å². The van der Waals surface area contributed by atoms with Crippen molar-refractivity contribution in [2.24, 2.45) is 0 Å². The zero-order chi connectivity index (χ0) is 15.2. The summed E-state index contributed by atoms with van der Waals surface area (Å²) < 4.78 is 1.72. The molecule has 1 aromatic carbocycles. The fourth-order valence-electron chi connectivity index (χ4n) is 2.82. The second-order valence-electron chi connectivity index (χ2n) is 6.15. The van der Waals surface area contributed by atoms with Crippen molar-refractivity contribution in [1.82, 2.24) is 0 Å². The van der Waals surface area contributed by atoms with Gasteiger partial charge in [0, 0.05) is 0 Å². The monoisotopic (exact) mass is 350 g/mol. The van der Waals surface area contributed by atoms with Crippen molar-refractivity contribution in [2.45, 2.75) is 88.5 Å². The van der Waals surface area contributed by atoms with Crippen LogP contribution in [0.3, 0.4) is 0 Å². The molecule has 0 unspecified atom stereocenters. The molecule has 120 valence electrons. The first-order valence-electron chi connectivity index (χ1n) is 9.18. The number of hydrogen-bond acceptors (Lipinski definition) is 0. The van der Waals surface area contributed by atoms with Gasteiger partial charge in [-0.25, -0.2) is 0 Å². The summed E-state index contributed by atoms with van der Waals surface area (Å²) in [4.78, 5) is 0. The van der Waals surface area contributed by atoms with E-state index in [2.05, 4.69) is 44.2 Å². The van der Waals surface area contributed by atoms with Crippen LogP contribution in [-0.2, 0) is 0 Å². The fraction of sp³-hybridized carbons (Fsp3) is 0.700. The molecule has 1 aromatic rings. The fourth-order valence-corrected chi connectivity index (χ4v) is 8.16. The van der Waals surface area contributed by atoms with E-state index in [0.29, 0.717) is 0 Å². The third kappa shape index (κ3) is 9.41. The van der Waals surface area contributed by atoms with Crippen molar-refractivity contribution in [2.75, 3.05) is 0 Å². The molecule has 0 saturated carbocycles. The van der Waals surface area contributed by atoms with Crippen molar-refractivity contribution in [3.63, 3.8) is 0 Å². The minimum absolute atomic E-state index is 0.770. The second kappa shape index (κ2) is 13.4. The molecule has 0 heterocycles. The van der Waals surface area contributed by atoms with Gasteiger partial charge in [0.15, 0.2) is 0 Å². The molecule has 0 N–H and O–H groups in total. The molecule has 0 bridgehead atoms. The molecule has 0 radical (unpaired) electrons. The Morgan fingerprint density at radius 1 is 0.619 bits per heavy atom. The van der Waals surface area contributed by atoms with E-state index in [4.69, 9.17) is 0 Å². The molecule has 21 heavy (non-hydrogen) atoms. The van der Waals surface area contributed by atoms with Crippen LogP contribution in [0.15, 0.2) is 30.3 Å². The van der Waals surface area contributed by atoms with Crippen LogP contribution in [0, 0.1) is 0 Å². The average Bonchev–Trinajstić information content (AvgIpc) is 2.53. The van der Waals surface area contributed by atoms with Gasteiger partial charge in [-0.05, 0) is 0 Å². The molecule has 0 fully saturated rings. The van der Waals surface area contributed by atoms with Gasteiger partial charge in [0.1, 0.15) is 0 Å². The average molecular weight is 350 g/mol. The maximum atomic E-state index is 2.40.